The predicted molar refractivity (Wildman–Crippen MR) is 102 cm³/mol. The summed E-state index contributed by atoms with van der Waals surface area (Å²) >= 11 is 0. The number of nitrogens with one attached hydrogen (secondary N) is 1. The van der Waals surface area contributed by atoms with Crippen LogP contribution in [0.4, 0.5) is 22.1 Å². The Hall–Kier alpha value is -3.54. The second-order valence-corrected chi connectivity index (χ2v) is 6.73. The number of fused-ring (bicyclic) bond motifs is 1. The van der Waals surface area contributed by atoms with Gasteiger partial charge in [-0.2, -0.15) is 5.26 Å². The average molecular weight is 380 g/mol. The van der Waals surface area contributed by atoms with E-state index in [9.17, 15) is 4.79 Å². The van der Waals surface area contributed by atoms with Gasteiger partial charge in [0.05, 0.1) is 18.2 Å². The van der Waals surface area contributed by atoms with E-state index in [1.54, 1.807) is 12.1 Å². The van der Waals surface area contributed by atoms with Gasteiger partial charge in [-0.1, -0.05) is 0 Å². The average Bonchev–Trinajstić information content (AvgIpc) is 2.74. The van der Waals surface area contributed by atoms with Crippen LogP contribution in [0.25, 0.3) is 0 Å². The number of anilines is 3. The Morgan fingerprint density at radius 3 is 2.64 bits per heavy atom. The summed E-state index contributed by atoms with van der Waals surface area (Å²) in [6, 6.07) is 9.41. The quantitative estimate of drug-likeness (QED) is 0.834. The highest BCUT2D eigenvalue weighted by Crippen LogP contribution is 2.38. The first-order valence-electron chi connectivity index (χ1n) is 9.15. The molecule has 0 unspecified atom stereocenters. The SMILES string of the molecule is N#Cc1ccc(Nc2ncnc3c2OCCN3C2CCN(C(=O)O)CC2)cc1. The normalized spacial score (nSPS) is 16.7. The molecule has 1 aromatic carbocycles. The number of carbonyl (C=O) groups is 1. The summed E-state index contributed by atoms with van der Waals surface area (Å²) in [5, 5.41) is 21.3. The standard InChI is InChI=1S/C19H20N6O3/c20-11-13-1-3-14(4-2-13)23-17-16-18(22-12-21-17)25(9-10-28-16)15-5-7-24(8-6-15)19(26)27/h1-4,12,15H,5-10H2,(H,26,27)(H,21,22,23). The Bertz CT molecular complexity index is 903. The van der Waals surface area contributed by atoms with E-state index in [1.807, 2.05) is 12.1 Å². The van der Waals surface area contributed by atoms with Gasteiger partial charge in [-0.15, -0.1) is 0 Å². The molecule has 0 atom stereocenters. The molecule has 28 heavy (non-hydrogen) atoms. The summed E-state index contributed by atoms with van der Waals surface area (Å²) in [6.07, 6.45) is 2.15. The first kappa shape index (κ1) is 17.9. The van der Waals surface area contributed by atoms with E-state index >= 15 is 0 Å². The molecule has 9 nitrogen and oxygen atoms in total. The second-order valence-electron chi connectivity index (χ2n) is 6.73. The lowest BCUT2D eigenvalue weighted by molar-refractivity contribution is 0.130. The number of benzene rings is 1. The maximum Gasteiger partial charge on any atom is 0.407 e. The first-order chi connectivity index (χ1) is 13.7. The predicted octanol–water partition coefficient (Wildman–Crippen LogP) is 2.43. The maximum atomic E-state index is 11.1. The molecular weight excluding hydrogens is 360 g/mol. The Balaban J connectivity index is 1.54. The van der Waals surface area contributed by atoms with Crippen molar-refractivity contribution in [1.29, 1.82) is 5.26 Å². The van der Waals surface area contributed by atoms with Crippen LogP contribution in [0.1, 0.15) is 18.4 Å². The number of piperidine rings is 1. The summed E-state index contributed by atoms with van der Waals surface area (Å²) in [7, 11) is 0. The Morgan fingerprint density at radius 1 is 1.21 bits per heavy atom. The molecule has 144 valence electrons. The number of aromatic nitrogens is 2. The van der Waals surface area contributed by atoms with Crippen molar-refractivity contribution in [2.75, 3.05) is 36.5 Å². The molecule has 9 heteroatoms. The van der Waals surface area contributed by atoms with Gasteiger partial charge in [0, 0.05) is 24.8 Å². The molecule has 1 amide bonds. The lowest BCUT2D eigenvalue weighted by atomic mass is 10.0. The van der Waals surface area contributed by atoms with Gasteiger partial charge in [0.2, 0.25) is 5.75 Å². The summed E-state index contributed by atoms with van der Waals surface area (Å²) in [5.74, 6) is 1.90. The fourth-order valence-corrected chi connectivity index (χ4v) is 3.63. The van der Waals surface area contributed by atoms with Crippen molar-refractivity contribution in [2.24, 2.45) is 0 Å². The lowest BCUT2D eigenvalue weighted by Crippen LogP contribution is -2.49. The smallest absolute Gasteiger partial charge is 0.407 e. The monoisotopic (exact) mass is 380 g/mol. The van der Waals surface area contributed by atoms with Crippen molar-refractivity contribution >= 4 is 23.4 Å². The molecule has 3 heterocycles. The van der Waals surface area contributed by atoms with E-state index in [0.29, 0.717) is 43.4 Å². The van der Waals surface area contributed by atoms with Crippen LogP contribution in [0.5, 0.6) is 5.75 Å². The van der Waals surface area contributed by atoms with Crippen LogP contribution in [-0.4, -0.2) is 58.4 Å². The van der Waals surface area contributed by atoms with Gasteiger partial charge in [0.15, 0.2) is 11.6 Å². The number of ether oxygens (including phenoxy) is 1. The molecular formula is C19H20N6O3. The molecule has 1 fully saturated rings. The second kappa shape index (κ2) is 7.60. The molecule has 4 rings (SSSR count). The molecule has 1 aromatic heterocycles. The number of nitriles is 1. The summed E-state index contributed by atoms with van der Waals surface area (Å²) in [6.45, 7) is 2.27. The van der Waals surface area contributed by atoms with E-state index in [-0.39, 0.29) is 6.04 Å². The molecule has 2 aliphatic heterocycles. The van der Waals surface area contributed by atoms with Crippen LogP contribution in [-0.2, 0) is 0 Å². The fraction of sp³-hybridized carbons (Fsp3) is 0.368. The number of amides is 1. The van der Waals surface area contributed by atoms with Crippen LogP contribution < -0.4 is 15.0 Å². The Kier molecular flexibility index (Phi) is 4.85. The van der Waals surface area contributed by atoms with Crippen molar-refractivity contribution in [3.63, 3.8) is 0 Å². The molecule has 2 aromatic rings. The van der Waals surface area contributed by atoms with E-state index in [1.165, 1.54) is 11.2 Å². The number of rotatable bonds is 3. The van der Waals surface area contributed by atoms with Crippen LogP contribution in [0.15, 0.2) is 30.6 Å². The molecule has 1 saturated heterocycles. The zero-order valence-electron chi connectivity index (χ0n) is 15.2. The minimum absolute atomic E-state index is 0.218. The summed E-state index contributed by atoms with van der Waals surface area (Å²) in [4.78, 5) is 23.5. The third-order valence-electron chi connectivity index (χ3n) is 5.09. The third kappa shape index (κ3) is 3.49. The van der Waals surface area contributed by atoms with Gasteiger partial charge in [-0.05, 0) is 37.1 Å². The van der Waals surface area contributed by atoms with Gasteiger partial charge in [-0.25, -0.2) is 14.8 Å². The summed E-state index contributed by atoms with van der Waals surface area (Å²) < 4.78 is 5.87. The zero-order valence-corrected chi connectivity index (χ0v) is 15.2. The topological polar surface area (TPSA) is 115 Å². The van der Waals surface area contributed by atoms with Crippen molar-refractivity contribution in [3.05, 3.63) is 36.2 Å². The molecule has 0 saturated carbocycles. The van der Waals surface area contributed by atoms with Crippen LogP contribution in [0.3, 0.4) is 0 Å². The number of likely N-dealkylation sites (tertiary alicyclic amines) is 1. The van der Waals surface area contributed by atoms with Crippen molar-refractivity contribution < 1.29 is 14.6 Å². The molecule has 0 bridgehead atoms. The Morgan fingerprint density at radius 2 is 1.96 bits per heavy atom. The number of hydrogen-bond acceptors (Lipinski definition) is 7. The highest BCUT2D eigenvalue weighted by Gasteiger charge is 2.32. The fourth-order valence-electron chi connectivity index (χ4n) is 3.63. The number of carboxylic acid groups (broad SMARTS) is 1. The maximum absolute atomic E-state index is 11.1. The molecule has 0 radical (unpaired) electrons. The summed E-state index contributed by atoms with van der Waals surface area (Å²) in [5.41, 5.74) is 1.39. The molecule has 0 aliphatic carbocycles. The van der Waals surface area contributed by atoms with Gasteiger partial charge in [0.1, 0.15) is 12.9 Å². The molecule has 2 N–H and O–H groups in total. The highest BCUT2D eigenvalue weighted by atomic mass is 16.5. The van der Waals surface area contributed by atoms with Gasteiger partial charge in [0.25, 0.3) is 0 Å². The number of hydrogen-bond donors (Lipinski definition) is 2. The van der Waals surface area contributed by atoms with E-state index in [0.717, 1.165) is 24.3 Å². The van der Waals surface area contributed by atoms with E-state index in [4.69, 9.17) is 15.1 Å². The minimum Gasteiger partial charge on any atom is -0.485 e. The first-order valence-corrected chi connectivity index (χ1v) is 9.15. The number of nitrogens with zero attached hydrogens (tertiary/aromatic N) is 5. The molecule has 0 spiro atoms. The van der Waals surface area contributed by atoms with Gasteiger partial charge >= 0.3 is 6.09 Å². The molecule has 2 aliphatic rings. The van der Waals surface area contributed by atoms with E-state index < -0.39 is 6.09 Å². The van der Waals surface area contributed by atoms with Crippen molar-refractivity contribution in [1.82, 2.24) is 14.9 Å². The highest BCUT2D eigenvalue weighted by molar-refractivity contribution is 5.71. The van der Waals surface area contributed by atoms with Crippen molar-refractivity contribution in [3.8, 4) is 11.8 Å². The van der Waals surface area contributed by atoms with Crippen molar-refractivity contribution in [2.45, 2.75) is 18.9 Å². The van der Waals surface area contributed by atoms with Crippen LogP contribution in [0, 0.1) is 11.3 Å². The van der Waals surface area contributed by atoms with Crippen LogP contribution >= 0.6 is 0 Å². The zero-order chi connectivity index (χ0) is 19.5. The van der Waals surface area contributed by atoms with E-state index in [2.05, 4.69) is 26.3 Å². The lowest BCUT2D eigenvalue weighted by Gasteiger charge is -2.40. The Labute approximate surface area is 162 Å². The largest absolute Gasteiger partial charge is 0.485 e. The minimum atomic E-state index is -0.864. The third-order valence-corrected chi connectivity index (χ3v) is 5.09. The van der Waals surface area contributed by atoms with Crippen LogP contribution in [0.2, 0.25) is 0 Å². The van der Waals surface area contributed by atoms with Gasteiger partial charge < -0.3 is 25.0 Å². The van der Waals surface area contributed by atoms with Gasteiger partial charge in [-0.3, -0.25) is 0 Å².